The molecule has 0 fully saturated rings. The molecule has 0 atom stereocenters. The lowest BCUT2D eigenvalue weighted by Crippen LogP contribution is -2.01. The Morgan fingerprint density at radius 2 is 1.82 bits per heavy atom. The van der Waals surface area contributed by atoms with Crippen LogP contribution in [-0.4, -0.2) is 16.6 Å². The third kappa shape index (κ3) is 2.87. The second-order valence-corrected chi connectivity index (χ2v) is 3.21. The lowest BCUT2D eigenvalue weighted by molar-refractivity contribution is -0.0498. The van der Waals surface area contributed by atoms with E-state index in [-0.39, 0.29) is 5.75 Å². The standard InChI is InChI=1S/C11H9F2N3O/c12-11(13)17-8-3-1-7(2-4-8)10-15-6-5-9(14)16-10/h1-6,11H,(H2,14,15,16). The molecular weight excluding hydrogens is 228 g/mol. The number of hydrogen-bond donors (Lipinski definition) is 1. The number of halogens is 2. The van der Waals surface area contributed by atoms with Gasteiger partial charge in [-0.25, -0.2) is 9.97 Å². The van der Waals surface area contributed by atoms with Crippen LogP contribution in [0.4, 0.5) is 14.6 Å². The topological polar surface area (TPSA) is 61.0 Å². The van der Waals surface area contributed by atoms with Gasteiger partial charge in [0.15, 0.2) is 5.82 Å². The van der Waals surface area contributed by atoms with Crippen molar-refractivity contribution in [3.8, 4) is 17.1 Å². The molecule has 1 heterocycles. The monoisotopic (exact) mass is 237 g/mol. The smallest absolute Gasteiger partial charge is 0.387 e. The SMILES string of the molecule is Nc1ccnc(-c2ccc(OC(F)F)cc2)n1. The molecule has 0 radical (unpaired) electrons. The summed E-state index contributed by atoms with van der Waals surface area (Å²) in [7, 11) is 0. The maximum absolute atomic E-state index is 11.9. The summed E-state index contributed by atoms with van der Waals surface area (Å²) in [6.45, 7) is -2.83. The van der Waals surface area contributed by atoms with Crippen LogP contribution in [0.2, 0.25) is 0 Å². The Kier molecular flexibility index (Phi) is 3.13. The highest BCUT2D eigenvalue weighted by molar-refractivity contribution is 5.57. The van der Waals surface area contributed by atoms with Gasteiger partial charge in [0, 0.05) is 11.8 Å². The summed E-state index contributed by atoms with van der Waals surface area (Å²) in [6, 6.07) is 7.60. The Labute approximate surface area is 96.1 Å². The van der Waals surface area contributed by atoms with Crippen LogP contribution in [-0.2, 0) is 0 Å². The van der Waals surface area contributed by atoms with Crippen molar-refractivity contribution in [3.63, 3.8) is 0 Å². The first-order chi connectivity index (χ1) is 8.15. The lowest BCUT2D eigenvalue weighted by Gasteiger charge is -2.05. The van der Waals surface area contributed by atoms with Crippen molar-refractivity contribution in [2.45, 2.75) is 6.61 Å². The number of aromatic nitrogens is 2. The first-order valence-corrected chi connectivity index (χ1v) is 4.79. The van der Waals surface area contributed by atoms with E-state index in [1.165, 1.54) is 18.3 Å². The second kappa shape index (κ2) is 4.73. The highest BCUT2D eigenvalue weighted by Crippen LogP contribution is 2.20. The van der Waals surface area contributed by atoms with Gasteiger partial charge in [-0.05, 0) is 30.3 Å². The second-order valence-electron chi connectivity index (χ2n) is 3.21. The first-order valence-electron chi connectivity index (χ1n) is 4.79. The third-order valence-electron chi connectivity index (χ3n) is 2.01. The molecule has 0 amide bonds. The Balaban J connectivity index is 2.23. The van der Waals surface area contributed by atoms with E-state index in [9.17, 15) is 8.78 Å². The molecule has 2 N–H and O–H groups in total. The van der Waals surface area contributed by atoms with Crippen LogP contribution >= 0.6 is 0 Å². The molecule has 0 saturated heterocycles. The maximum Gasteiger partial charge on any atom is 0.387 e. The summed E-state index contributed by atoms with van der Waals surface area (Å²) in [5.74, 6) is 0.879. The summed E-state index contributed by atoms with van der Waals surface area (Å²) in [5, 5.41) is 0. The van der Waals surface area contributed by atoms with Crippen LogP contribution in [0.1, 0.15) is 0 Å². The zero-order valence-corrected chi connectivity index (χ0v) is 8.68. The lowest BCUT2D eigenvalue weighted by atomic mass is 10.2. The summed E-state index contributed by atoms with van der Waals surface area (Å²) < 4.78 is 28.1. The summed E-state index contributed by atoms with van der Waals surface area (Å²) in [6.07, 6.45) is 1.53. The molecule has 2 aromatic rings. The van der Waals surface area contributed by atoms with E-state index in [2.05, 4.69) is 14.7 Å². The van der Waals surface area contributed by atoms with Gasteiger partial charge in [0.25, 0.3) is 0 Å². The predicted molar refractivity (Wildman–Crippen MR) is 58.5 cm³/mol. The van der Waals surface area contributed by atoms with E-state index in [4.69, 9.17) is 5.73 Å². The minimum absolute atomic E-state index is 0.0904. The van der Waals surface area contributed by atoms with E-state index in [1.807, 2.05) is 0 Å². The highest BCUT2D eigenvalue weighted by Gasteiger charge is 2.05. The molecule has 4 nitrogen and oxygen atoms in total. The fourth-order valence-corrected chi connectivity index (χ4v) is 1.30. The van der Waals surface area contributed by atoms with Crippen molar-refractivity contribution < 1.29 is 13.5 Å². The average molecular weight is 237 g/mol. The minimum atomic E-state index is -2.83. The fourth-order valence-electron chi connectivity index (χ4n) is 1.30. The van der Waals surface area contributed by atoms with Crippen molar-refractivity contribution in [2.75, 3.05) is 5.73 Å². The molecule has 88 valence electrons. The van der Waals surface area contributed by atoms with Gasteiger partial charge in [-0.3, -0.25) is 0 Å². The van der Waals surface area contributed by atoms with Gasteiger partial charge in [-0.1, -0.05) is 0 Å². The predicted octanol–water partition coefficient (Wildman–Crippen LogP) is 2.33. The molecular formula is C11H9F2N3O. The molecule has 0 aliphatic carbocycles. The number of ether oxygens (including phenoxy) is 1. The molecule has 1 aromatic carbocycles. The maximum atomic E-state index is 11.9. The molecule has 6 heteroatoms. The van der Waals surface area contributed by atoms with Gasteiger partial charge in [0.2, 0.25) is 0 Å². The van der Waals surface area contributed by atoms with Crippen molar-refractivity contribution in [3.05, 3.63) is 36.5 Å². The van der Waals surface area contributed by atoms with E-state index in [0.717, 1.165) is 0 Å². The summed E-state index contributed by atoms with van der Waals surface area (Å²) >= 11 is 0. The van der Waals surface area contributed by atoms with Gasteiger partial charge in [-0.15, -0.1) is 0 Å². The van der Waals surface area contributed by atoms with E-state index >= 15 is 0 Å². The Hall–Kier alpha value is -2.24. The highest BCUT2D eigenvalue weighted by atomic mass is 19.3. The van der Waals surface area contributed by atoms with Crippen molar-refractivity contribution in [1.82, 2.24) is 9.97 Å². The fraction of sp³-hybridized carbons (Fsp3) is 0.0909. The number of rotatable bonds is 3. The van der Waals surface area contributed by atoms with E-state index < -0.39 is 6.61 Å². The van der Waals surface area contributed by atoms with Crippen molar-refractivity contribution in [1.29, 1.82) is 0 Å². The number of anilines is 1. The quantitative estimate of drug-likeness (QED) is 0.889. The van der Waals surface area contributed by atoms with Crippen LogP contribution < -0.4 is 10.5 Å². The largest absolute Gasteiger partial charge is 0.435 e. The number of benzene rings is 1. The number of nitrogens with two attached hydrogens (primary N) is 1. The Morgan fingerprint density at radius 3 is 2.41 bits per heavy atom. The molecule has 0 aliphatic rings. The van der Waals surface area contributed by atoms with Gasteiger partial charge < -0.3 is 10.5 Å². The van der Waals surface area contributed by atoms with Crippen LogP contribution in [0.15, 0.2) is 36.5 Å². The molecule has 0 spiro atoms. The molecule has 2 rings (SSSR count). The molecule has 0 aliphatic heterocycles. The van der Waals surface area contributed by atoms with Crippen molar-refractivity contribution >= 4 is 5.82 Å². The normalized spacial score (nSPS) is 10.5. The number of alkyl halides is 2. The van der Waals surface area contributed by atoms with Gasteiger partial charge >= 0.3 is 6.61 Å². The van der Waals surface area contributed by atoms with E-state index in [0.29, 0.717) is 17.2 Å². The van der Waals surface area contributed by atoms with Crippen LogP contribution in [0.25, 0.3) is 11.4 Å². The number of hydrogen-bond acceptors (Lipinski definition) is 4. The summed E-state index contributed by atoms with van der Waals surface area (Å²) in [4.78, 5) is 8.03. The van der Waals surface area contributed by atoms with E-state index in [1.54, 1.807) is 18.2 Å². The van der Waals surface area contributed by atoms with Crippen LogP contribution in [0.3, 0.4) is 0 Å². The first kappa shape index (κ1) is 11.3. The molecule has 0 saturated carbocycles. The summed E-state index contributed by atoms with van der Waals surface area (Å²) in [5.41, 5.74) is 6.20. The third-order valence-corrected chi connectivity index (χ3v) is 2.01. The van der Waals surface area contributed by atoms with Crippen LogP contribution in [0, 0.1) is 0 Å². The molecule has 1 aromatic heterocycles. The minimum Gasteiger partial charge on any atom is -0.435 e. The molecule has 0 bridgehead atoms. The number of nitrogen functional groups attached to an aromatic ring is 1. The molecule has 0 unspecified atom stereocenters. The Bertz CT molecular complexity index is 502. The zero-order chi connectivity index (χ0) is 12.3. The Morgan fingerprint density at radius 1 is 1.12 bits per heavy atom. The average Bonchev–Trinajstić information content (AvgIpc) is 2.29. The molecule has 17 heavy (non-hydrogen) atoms. The number of nitrogens with zero attached hydrogens (tertiary/aromatic N) is 2. The van der Waals surface area contributed by atoms with Crippen LogP contribution in [0.5, 0.6) is 5.75 Å². The zero-order valence-electron chi connectivity index (χ0n) is 8.68. The van der Waals surface area contributed by atoms with Crippen molar-refractivity contribution in [2.24, 2.45) is 0 Å². The van der Waals surface area contributed by atoms with Gasteiger partial charge in [0.1, 0.15) is 11.6 Å². The van der Waals surface area contributed by atoms with Gasteiger partial charge in [-0.2, -0.15) is 8.78 Å². The van der Waals surface area contributed by atoms with Gasteiger partial charge in [0.05, 0.1) is 0 Å².